The minimum absolute atomic E-state index is 0.00113. The molecule has 0 fully saturated rings. The van der Waals surface area contributed by atoms with E-state index in [1.165, 1.54) is 32.0 Å². The van der Waals surface area contributed by atoms with Gasteiger partial charge < -0.3 is 19.6 Å². The number of benzene rings is 5. The average Bonchev–Trinajstić information content (AvgIpc) is 0.889. The number of phenols is 1. The molecule has 0 bridgehead atoms. The van der Waals surface area contributed by atoms with Crippen molar-refractivity contribution in [3.05, 3.63) is 178 Å². The number of halogens is 1. The lowest BCUT2D eigenvalue weighted by molar-refractivity contribution is -0.137. The highest BCUT2D eigenvalue weighted by molar-refractivity contribution is 14.1. The Morgan fingerprint density at radius 2 is 0.980 bits per heavy atom. The lowest BCUT2D eigenvalue weighted by Crippen LogP contribution is -2.67. The molecule has 9 aliphatic rings. The lowest BCUT2D eigenvalue weighted by Gasteiger charge is -2.44. The van der Waals surface area contributed by atoms with Gasteiger partial charge in [-0.15, -0.1) is 0 Å². The summed E-state index contributed by atoms with van der Waals surface area (Å²) in [5, 5.41) is 86.9. The van der Waals surface area contributed by atoms with Crippen molar-refractivity contribution in [1.82, 2.24) is 9.97 Å². The second kappa shape index (κ2) is 40.1. The molecule has 15 rings (SSSR count). The number of carboxylic acids is 1. The number of imidazole rings is 1. The second-order valence-electron chi connectivity index (χ2n) is 25.0. The number of nitrogens with zero attached hydrogens (tertiary/aromatic N) is 19. The molecule has 5 N–H and O–H groups in total. The van der Waals surface area contributed by atoms with Crippen LogP contribution in [0.2, 0.25) is 5.04 Å². The Hall–Kier alpha value is -7.91. The number of aromatic hydroxyl groups is 1. The summed E-state index contributed by atoms with van der Waals surface area (Å²) in [4.78, 5) is 16.7. The van der Waals surface area contributed by atoms with Crippen LogP contribution in [-0.4, -0.2) is 155 Å². The molecule has 0 amide bonds. The maximum Gasteiger partial charge on any atom is 0.303 e. The van der Waals surface area contributed by atoms with Crippen molar-refractivity contribution in [3.8, 4) is 5.75 Å². The van der Waals surface area contributed by atoms with E-state index in [2.05, 4.69) is 237 Å². The average molecular weight is 1610 g/mol. The van der Waals surface area contributed by atoms with Crippen LogP contribution >= 0.6 is 22.6 Å². The molecule has 0 saturated heterocycles. The Balaban J connectivity index is 0.000000164. The van der Waals surface area contributed by atoms with Crippen molar-refractivity contribution >= 4 is 88.3 Å². The number of aromatic nitrogens is 2. The number of aromatic amines is 1. The summed E-state index contributed by atoms with van der Waals surface area (Å²) in [5.74, 6) is 2.30. The molecule has 0 spiro atoms. The number of rotatable bonds is 27. The molecule has 30 nitrogen and oxygen atoms in total. The number of phenolic OH excluding ortho intramolecular Hbond substituents is 1. The predicted molar refractivity (Wildman–Crippen MR) is 399 cm³/mol. The highest BCUT2D eigenvalue weighted by Crippen LogP contribution is 2.39. The van der Waals surface area contributed by atoms with Gasteiger partial charge in [-0.1, -0.05) is 136 Å². The fourth-order valence-electron chi connectivity index (χ4n) is 8.84. The molecule has 5 atom stereocenters. The van der Waals surface area contributed by atoms with Gasteiger partial charge in [-0.2, -0.15) is 92.1 Å². The summed E-state index contributed by atoms with van der Waals surface area (Å²) >= 11 is 2.30. The van der Waals surface area contributed by atoms with Gasteiger partial charge in [0.1, 0.15) is 5.75 Å². The van der Waals surface area contributed by atoms with E-state index < -0.39 is 55.3 Å². The van der Waals surface area contributed by atoms with Crippen LogP contribution in [0.1, 0.15) is 82.2 Å². The fraction of sp³-hybridized carbons (Fsp3) is 0.477. The van der Waals surface area contributed by atoms with Crippen molar-refractivity contribution in [3.63, 3.8) is 0 Å². The Labute approximate surface area is 608 Å². The fourth-order valence-corrected chi connectivity index (χ4v) is 16.9. The summed E-state index contributed by atoms with van der Waals surface area (Å²) in [7, 11) is -8.55. The summed E-state index contributed by atoms with van der Waals surface area (Å²) in [6.07, 6.45) is 14.7. The van der Waals surface area contributed by atoms with Crippen molar-refractivity contribution in [2.24, 2.45) is 92.1 Å². The van der Waals surface area contributed by atoms with Crippen LogP contribution in [0.4, 0.5) is 0 Å². The van der Waals surface area contributed by atoms with E-state index in [9.17, 15) is 21.6 Å². The molecule has 5 unspecified atom stereocenters. The molecular weight excluding hydrogens is 1520 g/mol. The van der Waals surface area contributed by atoms with Crippen LogP contribution in [0, 0.1) is 13.1 Å². The first kappa shape index (κ1) is 80.4. The maximum atomic E-state index is 11.5. The van der Waals surface area contributed by atoms with Gasteiger partial charge in [-0.05, 0) is 85.9 Å². The molecule has 36 heteroatoms. The molecule has 0 saturated carbocycles. The van der Waals surface area contributed by atoms with Gasteiger partial charge in [0.05, 0.1) is 18.2 Å². The third kappa shape index (κ3) is 37.0. The molecule has 101 heavy (non-hydrogen) atoms. The molecule has 0 radical (unpaired) electrons. The van der Waals surface area contributed by atoms with Gasteiger partial charge in [-0.25, -0.2) is 4.98 Å². The number of carbonyl (C=O) groups is 1. The van der Waals surface area contributed by atoms with E-state index in [4.69, 9.17) is 24.2 Å². The minimum Gasteiger partial charge on any atom is -0.508 e. The smallest absolute Gasteiger partial charge is 0.303 e. The SMILES string of the molecule is CC(O[Si](c1ccccc1)(c1ccccc1)C(C)(C)C)C1[15N]=[15N]1.CS(=N)(=O)CCC1[15N]=[15N]1.CS(=O)CCC1[15N]=[15N]1.CS(=[15NH])(=O)CCC1[15N]=[15N]1.Ic1ccc(CC2[15N]=[15N]2)cc1.O=C(O)CCC1[15N]=[15N]1.O=S(Cc1ccccc1)CC1[15N]=[15N]1.Oc1ccc(CC2[15N]=[15N]2)cc1.c1ncc(CC2[15N]=[15N]2)[nH]1. The van der Waals surface area contributed by atoms with Crippen molar-refractivity contribution in [1.29, 1.82) is 9.56 Å². The van der Waals surface area contributed by atoms with E-state index >= 15 is 0 Å². The Bertz CT molecular complexity index is 3890. The van der Waals surface area contributed by atoms with Crippen molar-refractivity contribution < 1.29 is 36.3 Å². The lowest BCUT2D eigenvalue weighted by atomic mass is 10.1. The van der Waals surface area contributed by atoms with Gasteiger partial charge in [0, 0.05) is 150 Å². The zero-order chi connectivity index (χ0) is 72.8. The topological polar surface area (TPSA) is 434 Å². The molecule has 5 aromatic carbocycles. The van der Waals surface area contributed by atoms with Crippen LogP contribution in [0.15, 0.2) is 244 Å². The third-order valence-corrected chi connectivity index (χ3v) is 24.7. The Morgan fingerprint density at radius 1 is 0.574 bits per heavy atom. The normalized spacial score (nSPS) is 17.9. The third-order valence-electron chi connectivity index (χ3n) is 14.6. The molecule has 9 aliphatic heterocycles. The summed E-state index contributed by atoms with van der Waals surface area (Å²) in [6.45, 7) is 8.94. The predicted octanol–water partition coefficient (Wildman–Crippen LogP) is 13.4. The number of aliphatic carboxylic acids is 1. The molecule has 540 valence electrons. The number of H-pyrrole nitrogens is 1. The highest BCUT2D eigenvalue weighted by Gasteiger charge is 2.52. The standard InChI is InChI=1S/C19H24N2OSi.C9H10N2OS.C8H7IN2.C8H8N2O.C5H6N4.2C4H9N3OS.C4H6N2O2.C4H8N2OS/c1-15(18-20-21-18)22-23(19(2,3)4,16-11-7-5-8-12-16)17-13-9-6-10-14-17;12-13(7-9-10-11-9)6-8-4-2-1-3-5-8;9-7-3-1-6(2-4-7)5-8-10-11-8;11-7-3-1-6(2-4-7)5-8-9-10-8;1(5-8-9-5)4-2-6-3-7-4;2*1-9(5,8)3-2-4-6-7-4;7-4(8)2-1-3-5-6-3;1-8(7)3-2-4-5-6-4/h5-15,18H,1-4H3;1-5,9H,6-7H2;1-4,8H,5H2;1-4,8,11H,5H2;2-3,5H,1H2,(H,6,7);2*4-5H,2-3H2,1H3;3H,1-2H2,(H,7,8);4H,2-3H2,1H3/i20+1,21+1;2*10+1,11+1;9+1,10+1;8+1,9+1;5+1,6+1,7+1;6+1,7+1;2*5+1,6+1. The maximum absolute atomic E-state index is 11.5. The van der Waals surface area contributed by atoms with E-state index in [1.54, 1.807) is 30.9 Å². The molecule has 0 aliphatic carbocycles. The summed E-state index contributed by atoms with van der Waals surface area (Å²) < 4.78 is 65.4. The van der Waals surface area contributed by atoms with Crippen molar-refractivity contribution in [2.45, 2.75) is 151 Å². The first-order valence-electron chi connectivity index (χ1n) is 32.4. The van der Waals surface area contributed by atoms with Gasteiger partial charge in [-0.3, -0.25) is 31.2 Å². The Morgan fingerprint density at radius 3 is 1.36 bits per heavy atom. The first-order valence-corrected chi connectivity index (χ1v) is 42.9. The van der Waals surface area contributed by atoms with Crippen LogP contribution in [0.3, 0.4) is 0 Å². The largest absolute Gasteiger partial charge is 0.508 e. The number of carboxylic acid groups (broad SMARTS) is 1. The second-order valence-corrected chi connectivity index (χ2v) is 38.4. The number of hydrogen-bond acceptors (Lipinski definition) is 28. The summed E-state index contributed by atoms with van der Waals surface area (Å²) in [5.41, 5.74) is 4.70. The first-order chi connectivity index (χ1) is 48.2. The van der Waals surface area contributed by atoms with Crippen LogP contribution < -0.4 is 10.4 Å². The van der Waals surface area contributed by atoms with E-state index in [0.29, 0.717) is 48.0 Å². The number of hydrogen-bond donors (Lipinski definition) is 5. The molecule has 1 aromatic heterocycles. The van der Waals surface area contributed by atoms with E-state index in [-0.39, 0.29) is 73.1 Å². The van der Waals surface area contributed by atoms with Gasteiger partial charge in [0.15, 0.2) is 49.3 Å². The molecule has 10 heterocycles. The van der Waals surface area contributed by atoms with Crippen LogP contribution in [0.25, 0.3) is 0 Å². The van der Waals surface area contributed by atoms with E-state index in [0.717, 1.165) is 48.3 Å². The van der Waals surface area contributed by atoms with Crippen LogP contribution in [0.5, 0.6) is 5.75 Å². The van der Waals surface area contributed by atoms with Crippen molar-refractivity contribution in [2.75, 3.05) is 41.8 Å². The molecule has 6 aromatic rings. The highest BCUT2D eigenvalue weighted by atomic mass is 127. The minimum atomic E-state index is -2.46. The van der Waals surface area contributed by atoms with Crippen LogP contribution in [-0.2, 0) is 75.3 Å². The van der Waals surface area contributed by atoms with Gasteiger partial charge in [0.25, 0.3) is 8.32 Å². The van der Waals surface area contributed by atoms with E-state index in [1.807, 2.05) is 42.5 Å². The van der Waals surface area contributed by atoms with Gasteiger partial charge >= 0.3 is 5.97 Å². The zero-order valence-corrected chi connectivity index (χ0v) is 63.7. The Kier molecular flexibility index (Phi) is 31.9. The quantitative estimate of drug-likeness (QED) is 0.0186. The monoisotopic (exact) mass is 1610 g/mol. The zero-order valence-electron chi connectivity index (χ0n) is 57.3. The number of nitrogens with one attached hydrogen (secondary N) is 3. The summed E-state index contributed by atoms with van der Waals surface area (Å²) in [6, 6.07) is 46.8. The van der Waals surface area contributed by atoms with Gasteiger partial charge in [0.2, 0.25) is 6.17 Å². The molecular formula is C65H87IN22O8S4Si.